The Morgan fingerprint density at radius 2 is 1.42 bits per heavy atom. The first kappa shape index (κ1) is 15.1. The molecule has 0 amide bonds. The lowest BCUT2D eigenvalue weighted by atomic mass is 10.0. The number of hydrogen-bond donors (Lipinski definition) is 0. The third-order valence-corrected chi connectivity index (χ3v) is 5.19. The molecule has 0 N–H and O–H groups in total. The van der Waals surface area contributed by atoms with Gasteiger partial charge < -0.3 is 4.74 Å². The normalized spacial score (nSPS) is 15.5. The van der Waals surface area contributed by atoms with Crippen LogP contribution in [0.2, 0.25) is 0 Å². The minimum atomic E-state index is 0.868. The lowest BCUT2D eigenvalue weighted by molar-refractivity contribution is 0.517. The van der Waals surface area contributed by atoms with E-state index in [1.807, 2.05) is 48.2 Å². The van der Waals surface area contributed by atoms with Crippen LogP contribution in [0.25, 0.3) is 10.7 Å². The highest BCUT2D eigenvalue weighted by Crippen LogP contribution is 2.41. The van der Waals surface area contributed by atoms with Gasteiger partial charge in [-0.15, -0.1) is 11.8 Å². The average molecular weight is 330 g/mol. The van der Waals surface area contributed by atoms with Gasteiger partial charge >= 0.3 is 0 Å². The van der Waals surface area contributed by atoms with E-state index in [1.54, 1.807) is 0 Å². The molecule has 1 aliphatic rings. The van der Waals surface area contributed by atoms with Crippen molar-refractivity contribution in [2.75, 3.05) is 5.75 Å². The standard InChI is InChI=1S/C22H18OS/c1-3-10-18(11-4-1)21(23-19-12-5-2-6-13-19)22-20-14-8-7-9-17(20)15-16-24-22/h1-14H,15-16H2. The van der Waals surface area contributed by atoms with Crippen LogP contribution < -0.4 is 4.74 Å². The molecule has 0 aliphatic carbocycles. The smallest absolute Gasteiger partial charge is 0.148 e. The van der Waals surface area contributed by atoms with Gasteiger partial charge in [0, 0.05) is 11.3 Å². The van der Waals surface area contributed by atoms with Gasteiger partial charge in [-0.3, -0.25) is 0 Å². The number of para-hydroxylation sites is 1. The highest BCUT2D eigenvalue weighted by atomic mass is 32.2. The molecule has 0 saturated heterocycles. The van der Waals surface area contributed by atoms with Crippen molar-refractivity contribution < 1.29 is 4.74 Å². The van der Waals surface area contributed by atoms with E-state index in [0.29, 0.717) is 0 Å². The SMILES string of the molecule is c1ccc(OC(=C2SCCc3ccccc32)c2ccccc2)cc1. The molecule has 0 spiro atoms. The van der Waals surface area contributed by atoms with E-state index in [1.165, 1.54) is 16.0 Å². The van der Waals surface area contributed by atoms with Crippen LogP contribution >= 0.6 is 11.8 Å². The van der Waals surface area contributed by atoms with E-state index < -0.39 is 0 Å². The largest absolute Gasteiger partial charge is 0.456 e. The van der Waals surface area contributed by atoms with Gasteiger partial charge in [0.15, 0.2) is 0 Å². The molecule has 4 rings (SSSR count). The van der Waals surface area contributed by atoms with Crippen LogP contribution in [0, 0.1) is 0 Å². The summed E-state index contributed by atoms with van der Waals surface area (Å²) in [6, 6.07) is 29.1. The van der Waals surface area contributed by atoms with Crippen LogP contribution in [0.4, 0.5) is 0 Å². The molecule has 24 heavy (non-hydrogen) atoms. The van der Waals surface area contributed by atoms with Gasteiger partial charge in [-0.05, 0) is 29.7 Å². The fourth-order valence-electron chi connectivity index (χ4n) is 2.92. The van der Waals surface area contributed by atoms with Crippen LogP contribution in [-0.4, -0.2) is 5.75 Å². The number of aryl methyl sites for hydroxylation is 1. The van der Waals surface area contributed by atoms with Gasteiger partial charge in [0.2, 0.25) is 0 Å². The highest BCUT2D eigenvalue weighted by molar-refractivity contribution is 8.08. The second-order valence-electron chi connectivity index (χ2n) is 5.69. The Hall–Kier alpha value is -2.45. The van der Waals surface area contributed by atoms with E-state index in [4.69, 9.17) is 4.74 Å². The topological polar surface area (TPSA) is 9.23 Å². The lowest BCUT2D eigenvalue weighted by Crippen LogP contribution is -2.06. The molecule has 0 atom stereocenters. The molecule has 3 aromatic rings. The maximum absolute atomic E-state index is 6.36. The van der Waals surface area contributed by atoms with Crippen molar-refractivity contribution in [3.05, 3.63) is 102 Å². The van der Waals surface area contributed by atoms with E-state index >= 15 is 0 Å². The number of thioether (sulfide) groups is 1. The van der Waals surface area contributed by atoms with E-state index in [9.17, 15) is 0 Å². The second-order valence-corrected chi connectivity index (χ2v) is 6.80. The number of ether oxygens (including phenoxy) is 1. The van der Waals surface area contributed by atoms with Crippen LogP contribution in [0.3, 0.4) is 0 Å². The first-order valence-corrected chi connectivity index (χ1v) is 9.14. The summed E-state index contributed by atoms with van der Waals surface area (Å²) in [7, 11) is 0. The zero-order valence-electron chi connectivity index (χ0n) is 13.3. The Kier molecular flexibility index (Phi) is 4.39. The van der Waals surface area contributed by atoms with Crippen molar-refractivity contribution in [3.8, 4) is 5.75 Å². The van der Waals surface area contributed by atoms with Crippen LogP contribution in [0.5, 0.6) is 5.75 Å². The molecule has 0 unspecified atom stereocenters. The molecule has 0 bridgehead atoms. The number of hydrogen-bond acceptors (Lipinski definition) is 2. The first-order chi connectivity index (χ1) is 11.9. The zero-order valence-corrected chi connectivity index (χ0v) is 14.1. The van der Waals surface area contributed by atoms with Crippen molar-refractivity contribution >= 4 is 22.4 Å². The summed E-state index contributed by atoms with van der Waals surface area (Å²) in [6.45, 7) is 0. The molecule has 0 aromatic heterocycles. The van der Waals surface area contributed by atoms with Crippen molar-refractivity contribution in [1.29, 1.82) is 0 Å². The summed E-state index contributed by atoms with van der Waals surface area (Å²) < 4.78 is 6.36. The summed E-state index contributed by atoms with van der Waals surface area (Å²) in [5, 5.41) is 0. The molecule has 2 heteroatoms. The fraction of sp³-hybridized carbons (Fsp3) is 0.0909. The molecule has 0 radical (unpaired) electrons. The Bertz CT molecular complexity index is 853. The van der Waals surface area contributed by atoms with E-state index in [-0.39, 0.29) is 0 Å². The summed E-state index contributed by atoms with van der Waals surface area (Å²) in [4.78, 5) is 1.23. The molecule has 0 saturated carbocycles. The molecule has 1 aliphatic heterocycles. The lowest BCUT2D eigenvalue weighted by Gasteiger charge is -2.22. The summed E-state index contributed by atoms with van der Waals surface area (Å²) >= 11 is 1.88. The third kappa shape index (κ3) is 3.10. The number of fused-ring (bicyclic) bond motifs is 1. The zero-order chi connectivity index (χ0) is 16.2. The molecule has 118 valence electrons. The quantitative estimate of drug-likeness (QED) is 0.555. The van der Waals surface area contributed by atoms with Crippen LogP contribution in [0.1, 0.15) is 16.7 Å². The van der Waals surface area contributed by atoms with Crippen molar-refractivity contribution in [2.45, 2.75) is 6.42 Å². The highest BCUT2D eigenvalue weighted by Gasteiger charge is 2.20. The van der Waals surface area contributed by atoms with Gasteiger partial charge in [-0.2, -0.15) is 0 Å². The molecule has 1 nitrogen and oxygen atoms in total. The number of benzene rings is 3. The molecule has 0 fully saturated rings. The van der Waals surface area contributed by atoms with Gasteiger partial charge in [-0.25, -0.2) is 0 Å². The maximum Gasteiger partial charge on any atom is 0.148 e. The van der Waals surface area contributed by atoms with E-state index in [0.717, 1.165) is 29.2 Å². The van der Waals surface area contributed by atoms with Crippen LogP contribution in [-0.2, 0) is 6.42 Å². The monoisotopic (exact) mass is 330 g/mol. The first-order valence-electron chi connectivity index (χ1n) is 8.15. The fourth-order valence-corrected chi connectivity index (χ4v) is 4.09. The molecule has 1 heterocycles. The Morgan fingerprint density at radius 1 is 0.750 bits per heavy atom. The second kappa shape index (κ2) is 6.98. The minimum absolute atomic E-state index is 0.868. The van der Waals surface area contributed by atoms with Crippen molar-refractivity contribution in [1.82, 2.24) is 0 Å². The van der Waals surface area contributed by atoms with Gasteiger partial charge in [0.1, 0.15) is 11.5 Å². The molecular weight excluding hydrogens is 312 g/mol. The third-order valence-electron chi connectivity index (χ3n) is 4.09. The Balaban J connectivity index is 1.87. The summed E-state index contributed by atoms with van der Waals surface area (Å²) in [5.74, 6) is 2.90. The summed E-state index contributed by atoms with van der Waals surface area (Å²) in [5.41, 5.74) is 3.81. The van der Waals surface area contributed by atoms with Gasteiger partial charge in [0.05, 0.1) is 4.91 Å². The maximum atomic E-state index is 6.36. The predicted molar refractivity (Wildman–Crippen MR) is 103 cm³/mol. The number of rotatable bonds is 3. The van der Waals surface area contributed by atoms with Crippen LogP contribution in [0.15, 0.2) is 84.9 Å². The van der Waals surface area contributed by atoms with Gasteiger partial charge in [-0.1, -0.05) is 72.8 Å². The molecule has 3 aromatic carbocycles. The summed E-state index contributed by atoms with van der Waals surface area (Å²) in [6.07, 6.45) is 1.11. The van der Waals surface area contributed by atoms with Crippen molar-refractivity contribution in [3.63, 3.8) is 0 Å². The Morgan fingerprint density at radius 3 is 2.21 bits per heavy atom. The van der Waals surface area contributed by atoms with Crippen molar-refractivity contribution in [2.24, 2.45) is 0 Å². The Labute approximate surface area is 147 Å². The van der Waals surface area contributed by atoms with Gasteiger partial charge in [0.25, 0.3) is 0 Å². The van der Waals surface area contributed by atoms with E-state index in [2.05, 4.69) is 48.5 Å². The minimum Gasteiger partial charge on any atom is -0.456 e. The molecular formula is C22H18OS. The predicted octanol–water partition coefficient (Wildman–Crippen LogP) is 5.88. The average Bonchev–Trinajstić information content (AvgIpc) is 2.67.